The minimum atomic E-state index is 0.117. The minimum Gasteiger partial charge on any atom is -0.378 e. The molecule has 0 fully saturated rings. The number of fused-ring (bicyclic) bond motifs is 1. The smallest absolute Gasteiger partial charge is 0.224 e. The highest BCUT2D eigenvalue weighted by Gasteiger charge is 2.41. The summed E-state index contributed by atoms with van der Waals surface area (Å²) in [7, 11) is 0. The molecule has 0 bridgehead atoms. The highest BCUT2D eigenvalue weighted by molar-refractivity contribution is 5.94. The van der Waals surface area contributed by atoms with Crippen molar-refractivity contribution in [2.45, 2.75) is 39.8 Å². The number of carbonyl (C=O) groups excluding carboxylic acids is 1. The highest BCUT2D eigenvalue weighted by atomic mass is 16.2. The Morgan fingerprint density at radius 1 is 1.04 bits per heavy atom. The van der Waals surface area contributed by atoms with Crippen LogP contribution in [-0.2, 0) is 4.79 Å². The fourth-order valence-corrected chi connectivity index (χ4v) is 4.05. The monoisotopic (exact) mass is 322 g/mol. The molecule has 0 saturated carbocycles. The minimum absolute atomic E-state index is 0.117. The topological polar surface area (TPSA) is 32.3 Å². The van der Waals surface area contributed by atoms with Crippen molar-refractivity contribution in [3.63, 3.8) is 0 Å². The summed E-state index contributed by atoms with van der Waals surface area (Å²) in [6.07, 6.45) is 0. The van der Waals surface area contributed by atoms with Crippen molar-refractivity contribution >= 4 is 17.3 Å². The Kier molecular flexibility index (Phi) is 4.61. The van der Waals surface area contributed by atoms with E-state index in [2.05, 4.69) is 56.4 Å². The van der Waals surface area contributed by atoms with Crippen LogP contribution in [0.2, 0.25) is 0 Å². The van der Waals surface area contributed by atoms with E-state index in [4.69, 9.17) is 0 Å². The van der Waals surface area contributed by atoms with Crippen LogP contribution in [-0.4, -0.2) is 11.9 Å². The number of rotatable bonds is 3. The Labute approximate surface area is 144 Å². The summed E-state index contributed by atoms with van der Waals surface area (Å²) in [4.78, 5) is 14.4. The average Bonchev–Trinajstić information content (AvgIpc) is 2.57. The lowest BCUT2D eigenvalue weighted by molar-refractivity contribution is -0.117. The zero-order chi connectivity index (χ0) is 17.3. The van der Waals surface area contributed by atoms with Gasteiger partial charge in [0.2, 0.25) is 5.91 Å². The Balaban J connectivity index is 2.08. The van der Waals surface area contributed by atoms with Gasteiger partial charge < -0.3 is 10.2 Å². The van der Waals surface area contributed by atoms with Crippen molar-refractivity contribution in [2.24, 2.45) is 11.8 Å². The van der Waals surface area contributed by atoms with Gasteiger partial charge in [0.25, 0.3) is 0 Å². The Morgan fingerprint density at radius 3 is 2.29 bits per heavy atom. The largest absolute Gasteiger partial charge is 0.378 e. The number of amides is 1. The SMILES string of the molecule is CC(=O)N1c2ccccc2[C@H](Nc2ccccc2)[C@@H](C)[C@@H]1C(C)C. The van der Waals surface area contributed by atoms with Gasteiger partial charge in [0.05, 0.1) is 6.04 Å². The van der Waals surface area contributed by atoms with Crippen molar-refractivity contribution in [1.29, 1.82) is 0 Å². The molecule has 3 nitrogen and oxygen atoms in total. The normalized spacial score (nSPS) is 23.0. The molecule has 2 aromatic rings. The second-order valence-corrected chi connectivity index (χ2v) is 7.03. The van der Waals surface area contributed by atoms with E-state index in [9.17, 15) is 4.79 Å². The standard InChI is InChI=1S/C21H26N2O/c1-14(2)21-15(3)20(22-17-10-6-5-7-11-17)18-12-8-9-13-19(18)23(21)16(4)24/h5-15,20-22H,1-4H3/t15-,20-,21+/m1/s1. The molecule has 0 aliphatic carbocycles. The molecule has 1 aliphatic heterocycles. The van der Waals surface area contributed by atoms with E-state index < -0.39 is 0 Å². The highest BCUT2D eigenvalue weighted by Crippen LogP contribution is 2.44. The molecule has 0 radical (unpaired) electrons. The molecular weight excluding hydrogens is 296 g/mol. The first-order valence-corrected chi connectivity index (χ1v) is 8.71. The van der Waals surface area contributed by atoms with E-state index in [1.54, 1.807) is 6.92 Å². The first kappa shape index (κ1) is 16.6. The second-order valence-electron chi connectivity index (χ2n) is 7.03. The van der Waals surface area contributed by atoms with Crippen molar-refractivity contribution in [1.82, 2.24) is 0 Å². The molecule has 1 amide bonds. The Bertz CT molecular complexity index is 711. The maximum Gasteiger partial charge on any atom is 0.224 e. The number of para-hydroxylation sites is 2. The van der Waals surface area contributed by atoms with Gasteiger partial charge in [-0.25, -0.2) is 0 Å². The molecule has 1 aliphatic rings. The third-order valence-corrected chi connectivity index (χ3v) is 5.01. The molecule has 0 unspecified atom stereocenters. The maximum atomic E-state index is 12.4. The first-order chi connectivity index (χ1) is 11.5. The first-order valence-electron chi connectivity index (χ1n) is 8.71. The number of anilines is 2. The summed E-state index contributed by atoms with van der Waals surface area (Å²) in [6.45, 7) is 8.32. The zero-order valence-electron chi connectivity index (χ0n) is 14.9. The third kappa shape index (κ3) is 2.91. The van der Waals surface area contributed by atoms with Crippen LogP contribution in [0.25, 0.3) is 0 Å². The predicted octanol–water partition coefficient (Wildman–Crippen LogP) is 4.87. The van der Waals surface area contributed by atoms with E-state index in [-0.39, 0.29) is 18.0 Å². The molecule has 3 heteroatoms. The van der Waals surface area contributed by atoms with E-state index in [0.29, 0.717) is 11.8 Å². The molecule has 1 heterocycles. The van der Waals surface area contributed by atoms with E-state index >= 15 is 0 Å². The van der Waals surface area contributed by atoms with Crippen molar-refractivity contribution in [3.05, 3.63) is 60.2 Å². The third-order valence-electron chi connectivity index (χ3n) is 5.01. The quantitative estimate of drug-likeness (QED) is 0.874. The summed E-state index contributed by atoms with van der Waals surface area (Å²) in [6, 6.07) is 18.9. The number of benzene rings is 2. The number of nitrogens with zero attached hydrogens (tertiary/aromatic N) is 1. The lowest BCUT2D eigenvalue weighted by atomic mass is 9.77. The Hall–Kier alpha value is -2.29. The van der Waals surface area contributed by atoms with E-state index in [0.717, 1.165) is 11.4 Å². The molecular formula is C21H26N2O. The summed E-state index contributed by atoms with van der Waals surface area (Å²) >= 11 is 0. The maximum absolute atomic E-state index is 12.4. The molecule has 3 atom stereocenters. The van der Waals surface area contributed by atoms with Crippen LogP contribution in [0.15, 0.2) is 54.6 Å². The zero-order valence-corrected chi connectivity index (χ0v) is 14.9. The lowest BCUT2D eigenvalue weighted by Crippen LogP contribution is -2.52. The number of hydrogen-bond acceptors (Lipinski definition) is 2. The lowest BCUT2D eigenvalue weighted by Gasteiger charge is -2.47. The van der Waals surface area contributed by atoms with Gasteiger partial charge in [0.1, 0.15) is 0 Å². The summed E-state index contributed by atoms with van der Waals surface area (Å²) in [5.74, 6) is 0.812. The van der Waals surface area contributed by atoms with Gasteiger partial charge in [-0.05, 0) is 29.7 Å². The fourth-order valence-electron chi connectivity index (χ4n) is 4.05. The average molecular weight is 322 g/mol. The van der Waals surface area contributed by atoms with Gasteiger partial charge in [0, 0.05) is 30.3 Å². The number of nitrogens with one attached hydrogen (secondary N) is 1. The van der Waals surface area contributed by atoms with E-state index in [1.165, 1.54) is 5.56 Å². The van der Waals surface area contributed by atoms with Crippen LogP contribution >= 0.6 is 0 Å². The van der Waals surface area contributed by atoms with Crippen molar-refractivity contribution < 1.29 is 4.79 Å². The van der Waals surface area contributed by atoms with Gasteiger partial charge >= 0.3 is 0 Å². The molecule has 2 aromatic carbocycles. The Morgan fingerprint density at radius 2 is 1.67 bits per heavy atom. The van der Waals surface area contributed by atoms with Gasteiger partial charge in [-0.1, -0.05) is 57.2 Å². The molecule has 0 saturated heterocycles. The molecule has 1 N–H and O–H groups in total. The van der Waals surface area contributed by atoms with Crippen LogP contribution in [0.1, 0.15) is 39.3 Å². The summed E-state index contributed by atoms with van der Waals surface area (Å²) < 4.78 is 0. The van der Waals surface area contributed by atoms with Crippen LogP contribution < -0.4 is 10.2 Å². The number of carbonyl (C=O) groups is 1. The molecule has 0 aromatic heterocycles. The van der Waals surface area contributed by atoms with Gasteiger partial charge in [-0.3, -0.25) is 4.79 Å². The van der Waals surface area contributed by atoms with Crippen LogP contribution in [0.5, 0.6) is 0 Å². The summed E-state index contributed by atoms with van der Waals surface area (Å²) in [5.41, 5.74) is 3.35. The van der Waals surface area contributed by atoms with Gasteiger partial charge in [0.15, 0.2) is 0 Å². The molecule has 3 rings (SSSR count). The van der Waals surface area contributed by atoms with Crippen molar-refractivity contribution in [3.8, 4) is 0 Å². The van der Waals surface area contributed by atoms with Crippen molar-refractivity contribution in [2.75, 3.05) is 10.2 Å². The van der Waals surface area contributed by atoms with Gasteiger partial charge in [-0.15, -0.1) is 0 Å². The van der Waals surface area contributed by atoms with Crippen LogP contribution in [0.4, 0.5) is 11.4 Å². The molecule has 24 heavy (non-hydrogen) atoms. The number of hydrogen-bond donors (Lipinski definition) is 1. The van der Waals surface area contributed by atoms with Gasteiger partial charge in [-0.2, -0.15) is 0 Å². The molecule has 126 valence electrons. The van der Waals surface area contributed by atoms with Crippen LogP contribution in [0, 0.1) is 11.8 Å². The summed E-state index contributed by atoms with van der Waals surface area (Å²) in [5, 5.41) is 3.69. The second kappa shape index (κ2) is 6.68. The van der Waals surface area contributed by atoms with Crippen LogP contribution in [0.3, 0.4) is 0 Å². The predicted molar refractivity (Wildman–Crippen MR) is 100 cm³/mol. The molecule has 0 spiro atoms. The van der Waals surface area contributed by atoms with E-state index in [1.807, 2.05) is 29.2 Å². The fraction of sp³-hybridized carbons (Fsp3) is 0.381.